The monoisotopic (exact) mass is 454 g/mol. The number of thioether (sulfide) groups is 1. The Morgan fingerprint density at radius 1 is 0.969 bits per heavy atom. The van der Waals surface area contributed by atoms with E-state index in [0.717, 1.165) is 38.0 Å². The van der Waals surface area contributed by atoms with Crippen molar-refractivity contribution in [2.75, 3.05) is 25.4 Å². The number of piperidine rings is 1. The van der Waals surface area contributed by atoms with Crippen LogP contribution in [0.3, 0.4) is 0 Å². The normalized spacial score (nSPS) is 13.7. The molecule has 32 heavy (non-hydrogen) atoms. The molecule has 0 radical (unpaired) electrons. The van der Waals surface area contributed by atoms with E-state index in [9.17, 15) is 14.0 Å². The van der Waals surface area contributed by atoms with Crippen molar-refractivity contribution in [2.24, 2.45) is 0 Å². The molecule has 0 spiro atoms. The molecule has 0 atom stereocenters. The molecule has 0 N–H and O–H groups in total. The number of carbonyl (C=O) groups excluding carboxylic acids is 2. The lowest BCUT2D eigenvalue weighted by Crippen LogP contribution is -2.38. The summed E-state index contributed by atoms with van der Waals surface area (Å²) in [6, 6.07) is 15.5. The number of para-hydroxylation sites is 1. The highest BCUT2D eigenvalue weighted by Crippen LogP contribution is 2.28. The number of rotatable bonds is 7. The summed E-state index contributed by atoms with van der Waals surface area (Å²) in [7, 11) is 0. The van der Waals surface area contributed by atoms with Gasteiger partial charge in [0.2, 0.25) is 0 Å². The Kier molecular flexibility index (Phi) is 7.16. The number of amides is 1. The highest BCUT2D eigenvalue weighted by atomic mass is 32.2. The minimum Gasteiger partial charge on any atom is -0.455 e. The zero-order chi connectivity index (χ0) is 22.3. The first-order valence-corrected chi connectivity index (χ1v) is 11.4. The molecular weight excluding hydrogens is 431 g/mol. The SMILES string of the molecule is O=C(CSc1nnc(-c2ccc(F)cc2)n1-c1ccccc1)OCC(=O)N1CCCCC1. The number of benzene rings is 2. The third-order valence-corrected chi connectivity index (χ3v) is 6.04. The van der Waals surface area contributed by atoms with Crippen LogP contribution in [-0.2, 0) is 14.3 Å². The molecule has 1 saturated heterocycles. The summed E-state index contributed by atoms with van der Waals surface area (Å²) < 4.78 is 20.4. The van der Waals surface area contributed by atoms with Gasteiger partial charge in [-0.25, -0.2) is 4.39 Å². The van der Waals surface area contributed by atoms with E-state index in [0.29, 0.717) is 16.5 Å². The predicted octanol–water partition coefficient (Wildman–Crippen LogP) is 3.72. The molecule has 1 aliphatic rings. The summed E-state index contributed by atoms with van der Waals surface area (Å²) in [5.41, 5.74) is 1.51. The third-order valence-electron chi connectivity index (χ3n) is 5.13. The molecule has 0 aliphatic carbocycles. The van der Waals surface area contributed by atoms with Crippen molar-refractivity contribution < 1.29 is 18.7 Å². The van der Waals surface area contributed by atoms with Gasteiger partial charge < -0.3 is 9.64 Å². The lowest BCUT2D eigenvalue weighted by atomic mass is 10.1. The second-order valence-corrected chi connectivity index (χ2v) is 8.32. The molecule has 166 valence electrons. The molecule has 1 aliphatic heterocycles. The summed E-state index contributed by atoms with van der Waals surface area (Å²) in [4.78, 5) is 26.2. The molecular formula is C23H23FN4O3S. The van der Waals surface area contributed by atoms with Gasteiger partial charge in [0.25, 0.3) is 5.91 Å². The second-order valence-electron chi connectivity index (χ2n) is 7.37. The van der Waals surface area contributed by atoms with Gasteiger partial charge in [0.15, 0.2) is 17.6 Å². The number of ether oxygens (including phenoxy) is 1. The number of hydrogen-bond donors (Lipinski definition) is 0. The van der Waals surface area contributed by atoms with Crippen molar-refractivity contribution >= 4 is 23.6 Å². The maximum Gasteiger partial charge on any atom is 0.316 e. The van der Waals surface area contributed by atoms with Gasteiger partial charge in [0.05, 0.1) is 5.75 Å². The van der Waals surface area contributed by atoms with E-state index in [1.807, 2.05) is 34.9 Å². The van der Waals surface area contributed by atoms with E-state index in [2.05, 4.69) is 10.2 Å². The van der Waals surface area contributed by atoms with Crippen LogP contribution in [0.1, 0.15) is 19.3 Å². The molecule has 0 unspecified atom stereocenters. The van der Waals surface area contributed by atoms with Crippen LogP contribution < -0.4 is 0 Å². The van der Waals surface area contributed by atoms with Crippen LogP contribution in [0.2, 0.25) is 0 Å². The molecule has 7 nitrogen and oxygen atoms in total. The van der Waals surface area contributed by atoms with Crippen LogP contribution in [0.15, 0.2) is 59.8 Å². The quantitative estimate of drug-likeness (QED) is 0.400. The van der Waals surface area contributed by atoms with Crippen molar-refractivity contribution in [2.45, 2.75) is 24.4 Å². The Morgan fingerprint density at radius 2 is 1.69 bits per heavy atom. The number of hydrogen-bond acceptors (Lipinski definition) is 6. The molecule has 2 aromatic carbocycles. The summed E-state index contributed by atoms with van der Waals surface area (Å²) >= 11 is 1.17. The van der Waals surface area contributed by atoms with Gasteiger partial charge in [-0.2, -0.15) is 0 Å². The van der Waals surface area contributed by atoms with Gasteiger partial charge in [-0.15, -0.1) is 10.2 Å². The highest BCUT2D eigenvalue weighted by Gasteiger charge is 2.20. The number of carbonyl (C=O) groups is 2. The van der Waals surface area contributed by atoms with Crippen molar-refractivity contribution in [3.05, 3.63) is 60.4 Å². The van der Waals surface area contributed by atoms with E-state index in [4.69, 9.17) is 4.74 Å². The van der Waals surface area contributed by atoms with Gasteiger partial charge >= 0.3 is 5.97 Å². The average Bonchev–Trinajstić information content (AvgIpc) is 3.26. The zero-order valence-corrected chi connectivity index (χ0v) is 18.3. The Hall–Kier alpha value is -3.20. The fourth-order valence-corrected chi connectivity index (χ4v) is 4.25. The van der Waals surface area contributed by atoms with Gasteiger partial charge in [0.1, 0.15) is 5.82 Å². The lowest BCUT2D eigenvalue weighted by molar-refractivity contribution is -0.150. The summed E-state index contributed by atoms with van der Waals surface area (Å²) in [6.07, 6.45) is 3.10. The predicted molar refractivity (Wildman–Crippen MR) is 119 cm³/mol. The largest absolute Gasteiger partial charge is 0.455 e. The topological polar surface area (TPSA) is 77.3 Å². The van der Waals surface area contributed by atoms with E-state index in [-0.39, 0.29) is 24.1 Å². The van der Waals surface area contributed by atoms with Crippen LogP contribution >= 0.6 is 11.8 Å². The summed E-state index contributed by atoms with van der Waals surface area (Å²) in [6.45, 7) is 1.19. The average molecular weight is 455 g/mol. The second kappa shape index (κ2) is 10.4. The first-order chi connectivity index (χ1) is 15.6. The Labute approximate surface area is 189 Å². The van der Waals surface area contributed by atoms with Gasteiger partial charge in [-0.3, -0.25) is 14.2 Å². The van der Waals surface area contributed by atoms with Crippen LogP contribution in [0.25, 0.3) is 17.1 Å². The van der Waals surface area contributed by atoms with Crippen LogP contribution in [0.5, 0.6) is 0 Å². The number of halogens is 1. The first kappa shape index (κ1) is 22.0. The smallest absolute Gasteiger partial charge is 0.316 e. The fourth-order valence-electron chi connectivity index (χ4n) is 3.50. The van der Waals surface area contributed by atoms with E-state index in [1.165, 1.54) is 23.9 Å². The number of nitrogens with zero attached hydrogens (tertiary/aromatic N) is 4. The third kappa shape index (κ3) is 5.34. The van der Waals surface area contributed by atoms with Crippen molar-refractivity contribution in [3.8, 4) is 17.1 Å². The number of esters is 1. The van der Waals surface area contributed by atoms with Gasteiger partial charge in [0, 0.05) is 24.3 Å². The van der Waals surface area contributed by atoms with E-state index >= 15 is 0 Å². The molecule has 4 rings (SSSR count). The van der Waals surface area contributed by atoms with E-state index in [1.54, 1.807) is 17.0 Å². The van der Waals surface area contributed by atoms with Crippen molar-refractivity contribution in [1.82, 2.24) is 19.7 Å². The number of likely N-dealkylation sites (tertiary alicyclic amines) is 1. The Bertz CT molecular complexity index is 1070. The fraction of sp³-hybridized carbons (Fsp3) is 0.304. The van der Waals surface area contributed by atoms with Crippen LogP contribution in [0, 0.1) is 5.82 Å². The molecule has 3 aromatic rings. The summed E-state index contributed by atoms with van der Waals surface area (Å²) in [5, 5.41) is 8.99. The Balaban J connectivity index is 1.44. The zero-order valence-electron chi connectivity index (χ0n) is 17.4. The van der Waals surface area contributed by atoms with E-state index < -0.39 is 5.97 Å². The van der Waals surface area contributed by atoms with Gasteiger partial charge in [-0.1, -0.05) is 30.0 Å². The summed E-state index contributed by atoms with van der Waals surface area (Å²) in [5.74, 6) is -0.467. The molecule has 1 amide bonds. The highest BCUT2D eigenvalue weighted by molar-refractivity contribution is 7.99. The molecule has 2 heterocycles. The maximum atomic E-state index is 13.4. The molecule has 0 bridgehead atoms. The minimum absolute atomic E-state index is 0.0122. The van der Waals surface area contributed by atoms with Gasteiger partial charge in [-0.05, 0) is 55.7 Å². The molecule has 1 aromatic heterocycles. The molecule has 0 saturated carbocycles. The standard InChI is InChI=1S/C23H23FN4O3S/c24-18-11-9-17(10-12-18)22-25-26-23(28(22)19-7-3-1-4-8-19)32-16-21(30)31-15-20(29)27-13-5-2-6-14-27/h1,3-4,7-12H,2,5-6,13-16H2. The first-order valence-electron chi connectivity index (χ1n) is 10.4. The lowest BCUT2D eigenvalue weighted by Gasteiger charge is -2.26. The van der Waals surface area contributed by atoms with Crippen molar-refractivity contribution in [1.29, 1.82) is 0 Å². The molecule has 9 heteroatoms. The maximum absolute atomic E-state index is 13.4. The number of aromatic nitrogens is 3. The van der Waals surface area contributed by atoms with Crippen LogP contribution in [0.4, 0.5) is 4.39 Å². The molecule has 1 fully saturated rings. The Morgan fingerprint density at radius 3 is 2.41 bits per heavy atom. The van der Waals surface area contributed by atoms with Crippen molar-refractivity contribution in [3.63, 3.8) is 0 Å². The minimum atomic E-state index is -0.494. The van der Waals surface area contributed by atoms with Crippen LogP contribution in [-0.4, -0.2) is 57.0 Å².